The maximum absolute atomic E-state index is 12.4. The van der Waals surface area contributed by atoms with Crippen LogP contribution in [-0.4, -0.2) is 70.6 Å². The van der Waals surface area contributed by atoms with Crippen molar-refractivity contribution in [3.63, 3.8) is 0 Å². The van der Waals surface area contributed by atoms with Crippen LogP contribution in [-0.2, 0) is 28.7 Å². The van der Waals surface area contributed by atoms with Gasteiger partial charge in [-0.3, -0.25) is 9.59 Å². The summed E-state index contributed by atoms with van der Waals surface area (Å²) in [5.74, 6) is -0.198. The number of piperidine rings is 2. The monoisotopic (exact) mass is 540 g/mol. The lowest BCUT2D eigenvalue weighted by atomic mass is 9.80. The molecule has 0 aromatic heterocycles. The Hall–Kier alpha value is -1.22. The number of hydrogen-bond donors (Lipinski definition) is 0. The lowest BCUT2D eigenvalue weighted by Gasteiger charge is -2.52. The van der Waals surface area contributed by atoms with Crippen LogP contribution in [0.2, 0.25) is 0 Å². The summed E-state index contributed by atoms with van der Waals surface area (Å²) >= 11 is 0. The van der Waals surface area contributed by atoms with Crippen LogP contribution in [0.1, 0.15) is 132 Å². The molecule has 0 aliphatic carbocycles. The van der Waals surface area contributed by atoms with Gasteiger partial charge in [-0.1, -0.05) is 25.7 Å². The van der Waals surface area contributed by atoms with Gasteiger partial charge in [-0.2, -0.15) is 10.1 Å². The van der Waals surface area contributed by atoms with Crippen LogP contribution in [0.5, 0.6) is 0 Å². The fraction of sp³-hybridized carbons (Fsp3) is 0.933. The molecule has 0 bridgehead atoms. The lowest BCUT2D eigenvalue weighted by Crippen LogP contribution is -2.61. The van der Waals surface area contributed by atoms with Gasteiger partial charge in [0.25, 0.3) is 0 Å². The predicted molar refractivity (Wildman–Crippen MR) is 149 cm³/mol. The minimum Gasteiger partial charge on any atom is -0.462 e. The van der Waals surface area contributed by atoms with Gasteiger partial charge in [0.2, 0.25) is 0 Å². The Morgan fingerprint density at radius 1 is 0.553 bits per heavy atom. The lowest BCUT2D eigenvalue weighted by molar-refractivity contribution is -0.278. The van der Waals surface area contributed by atoms with E-state index in [0.29, 0.717) is 12.8 Å². The second-order valence-electron chi connectivity index (χ2n) is 13.9. The summed E-state index contributed by atoms with van der Waals surface area (Å²) in [6.45, 7) is 17.0. The summed E-state index contributed by atoms with van der Waals surface area (Å²) in [7, 11) is 3.41. The average Bonchev–Trinajstić information content (AvgIpc) is 2.72. The zero-order chi connectivity index (χ0) is 28.8. The van der Waals surface area contributed by atoms with Crippen molar-refractivity contribution in [2.75, 3.05) is 14.2 Å². The largest absolute Gasteiger partial charge is 0.462 e. The highest BCUT2D eigenvalue weighted by atomic mass is 16.7. The highest BCUT2D eigenvalue weighted by Crippen LogP contribution is 2.40. The van der Waals surface area contributed by atoms with Gasteiger partial charge in [0, 0.05) is 60.7 Å². The molecule has 2 aliphatic heterocycles. The fourth-order valence-corrected chi connectivity index (χ4v) is 7.23. The van der Waals surface area contributed by atoms with Crippen molar-refractivity contribution in [3.05, 3.63) is 0 Å². The maximum Gasteiger partial charge on any atom is 0.306 e. The number of unbranched alkanes of at least 4 members (excludes halogenated alkanes) is 5. The van der Waals surface area contributed by atoms with Crippen LogP contribution < -0.4 is 0 Å². The van der Waals surface area contributed by atoms with Gasteiger partial charge in [0.1, 0.15) is 12.2 Å². The number of carbonyl (C=O) groups excluding carboxylic acids is 2. The third-order valence-corrected chi connectivity index (χ3v) is 8.08. The molecule has 0 amide bonds. The Morgan fingerprint density at radius 2 is 0.816 bits per heavy atom. The molecule has 0 radical (unpaired) electrons. The second-order valence-corrected chi connectivity index (χ2v) is 13.9. The first-order valence-corrected chi connectivity index (χ1v) is 14.6. The molecule has 0 atom stereocenters. The standard InChI is InChI=1S/C30H56N2O6/c1-27(2)19-23(20-28(3,4)31(27)35-9)37-25(33)17-15-13-11-12-14-16-18-26(34)38-24-21-29(5,6)32(36-10)30(7,8)22-24/h23-24H,11-22H2,1-10H3. The molecule has 222 valence electrons. The molecule has 0 saturated carbocycles. The van der Waals surface area contributed by atoms with Crippen molar-refractivity contribution < 1.29 is 28.7 Å². The third-order valence-electron chi connectivity index (χ3n) is 8.08. The van der Waals surface area contributed by atoms with E-state index in [9.17, 15) is 9.59 Å². The molecule has 0 spiro atoms. The summed E-state index contributed by atoms with van der Waals surface area (Å²) in [6, 6.07) is 0. The van der Waals surface area contributed by atoms with E-state index in [-0.39, 0.29) is 46.3 Å². The molecule has 0 N–H and O–H groups in total. The molecule has 2 aliphatic rings. The predicted octanol–water partition coefficient (Wildman–Crippen LogP) is 6.36. The molecule has 2 rings (SSSR count). The van der Waals surface area contributed by atoms with Gasteiger partial charge in [0.15, 0.2) is 0 Å². The topological polar surface area (TPSA) is 77.5 Å². The summed E-state index contributed by atoms with van der Waals surface area (Å²) in [4.78, 5) is 36.1. The zero-order valence-corrected chi connectivity index (χ0v) is 26.0. The molecule has 2 fully saturated rings. The molecule has 0 unspecified atom stereocenters. The fourth-order valence-electron chi connectivity index (χ4n) is 7.23. The van der Waals surface area contributed by atoms with Crippen LogP contribution in [0.25, 0.3) is 0 Å². The van der Waals surface area contributed by atoms with Gasteiger partial charge in [0.05, 0.1) is 14.2 Å². The number of ether oxygens (including phenoxy) is 2. The van der Waals surface area contributed by atoms with Crippen LogP contribution in [0.4, 0.5) is 0 Å². The van der Waals surface area contributed by atoms with Crippen LogP contribution in [0, 0.1) is 0 Å². The third kappa shape index (κ3) is 9.17. The van der Waals surface area contributed by atoms with Crippen molar-refractivity contribution >= 4 is 11.9 Å². The van der Waals surface area contributed by atoms with Gasteiger partial charge in [-0.25, -0.2) is 0 Å². The maximum atomic E-state index is 12.4. The van der Waals surface area contributed by atoms with Crippen molar-refractivity contribution in [2.24, 2.45) is 0 Å². The quantitative estimate of drug-likeness (QED) is 0.197. The van der Waals surface area contributed by atoms with E-state index < -0.39 is 0 Å². The Balaban J connectivity index is 1.57. The van der Waals surface area contributed by atoms with Crippen molar-refractivity contribution in [2.45, 2.75) is 167 Å². The number of nitrogens with zero attached hydrogens (tertiary/aromatic N) is 2. The van der Waals surface area contributed by atoms with Gasteiger partial charge >= 0.3 is 11.9 Å². The Morgan fingerprint density at radius 3 is 1.08 bits per heavy atom. The number of rotatable bonds is 13. The van der Waals surface area contributed by atoms with Crippen molar-refractivity contribution in [1.82, 2.24) is 10.1 Å². The van der Waals surface area contributed by atoms with Crippen LogP contribution in [0.15, 0.2) is 0 Å². The molecule has 8 nitrogen and oxygen atoms in total. The summed E-state index contributed by atoms with van der Waals surface area (Å²) in [5, 5.41) is 4.05. The first-order valence-electron chi connectivity index (χ1n) is 14.6. The Labute approximate surface area is 232 Å². The minimum atomic E-state index is -0.192. The van der Waals surface area contributed by atoms with E-state index in [1.807, 2.05) is 10.1 Å². The molecule has 38 heavy (non-hydrogen) atoms. The molecule has 2 saturated heterocycles. The Kier molecular flexibility index (Phi) is 11.7. The van der Waals surface area contributed by atoms with E-state index in [1.165, 1.54) is 0 Å². The first kappa shape index (κ1) is 33.0. The van der Waals surface area contributed by atoms with E-state index >= 15 is 0 Å². The van der Waals surface area contributed by atoms with Crippen molar-refractivity contribution in [1.29, 1.82) is 0 Å². The van der Waals surface area contributed by atoms with Gasteiger partial charge < -0.3 is 19.1 Å². The minimum absolute atomic E-state index is 0.0803. The summed E-state index contributed by atoms with van der Waals surface area (Å²) in [5.41, 5.74) is -0.767. The smallest absolute Gasteiger partial charge is 0.306 e. The molecular weight excluding hydrogens is 484 g/mol. The zero-order valence-electron chi connectivity index (χ0n) is 26.0. The number of hydroxylamine groups is 4. The molecular formula is C30H56N2O6. The van der Waals surface area contributed by atoms with Gasteiger partial charge in [-0.05, 0) is 68.2 Å². The highest BCUT2D eigenvalue weighted by molar-refractivity contribution is 5.69. The van der Waals surface area contributed by atoms with Crippen molar-refractivity contribution in [3.8, 4) is 0 Å². The second kappa shape index (κ2) is 13.4. The SMILES string of the molecule is CON1C(C)(C)CC(OC(=O)CCCCCCCCC(=O)OC2CC(C)(C)N(OC)C(C)(C)C2)CC1(C)C. The van der Waals surface area contributed by atoms with E-state index in [2.05, 4.69) is 55.4 Å². The molecule has 2 heterocycles. The highest BCUT2D eigenvalue weighted by Gasteiger charge is 2.48. The number of esters is 2. The number of hydrogen-bond acceptors (Lipinski definition) is 8. The van der Waals surface area contributed by atoms with Crippen LogP contribution in [0.3, 0.4) is 0 Å². The molecule has 0 aromatic carbocycles. The van der Waals surface area contributed by atoms with E-state index in [4.69, 9.17) is 19.1 Å². The molecule has 8 heteroatoms. The van der Waals surface area contributed by atoms with Crippen LogP contribution >= 0.6 is 0 Å². The molecule has 0 aromatic rings. The number of carbonyl (C=O) groups is 2. The first-order chi connectivity index (χ1) is 17.5. The van der Waals surface area contributed by atoms with Gasteiger partial charge in [-0.15, -0.1) is 0 Å². The normalized spacial score (nSPS) is 23.7. The Bertz CT molecular complexity index is 679. The van der Waals surface area contributed by atoms with E-state index in [0.717, 1.165) is 64.2 Å². The average molecular weight is 541 g/mol. The van der Waals surface area contributed by atoms with E-state index in [1.54, 1.807) is 14.2 Å². The summed E-state index contributed by atoms with van der Waals surface area (Å²) < 4.78 is 11.7. The summed E-state index contributed by atoms with van der Waals surface area (Å²) in [6.07, 6.45) is 9.64.